The third kappa shape index (κ3) is 4.28. The van der Waals surface area contributed by atoms with Gasteiger partial charge in [0.1, 0.15) is 11.5 Å². The summed E-state index contributed by atoms with van der Waals surface area (Å²) in [6.45, 7) is 4.06. The highest BCUT2D eigenvalue weighted by molar-refractivity contribution is 5.98. The summed E-state index contributed by atoms with van der Waals surface area (Å²) < 4.78 is 1.69. The summed E-state index contributed by atoms with van der Waals surface area (Å²) in [6, 6.07) is 12.6. The predicted octanol–water partition coefficient (Wildman–Crippen LogP) is 3.14. The molecule has 0 bridgehead atoms. The van der Waals surface area contributed by atoms with E-state index in [0.29, 0.717) is 5.56 Å². The Hall–Kier alpha value is -3.65. The quantitative estimate of drug-likeness (QED) is 0.415. The summed E-state index contributed by atoms with van der Waals surface area (Å²) >= 11 is 0. The fourth-order valence-electron chi connectivity index (χ4n) is 4.71. The molecule has 1 aromatic carbocycles. The molecule has 34 heavy (non-hydrogen) atoms. The molecule has 1 saturated heterocycles. The van der Waals surface area contributed by atoms with Crippen molar-refractivity contribution in [2.75, 3.05) is 31.1 Å². The number of rotatable bonds is 6. The van der Waals surface area contributed by atoms with Crippen LogP contribution < -0.4 is 4.90 Å². The van der Waals surface area contributed by atoms with Crippen LogP contribution in [0.25, 0.3) is 22.0 Å². The van der Waals surface area contributed by atoms with Crippen LogP contribution >= 0.6 is 0 Å². The third-order valence-corrected chi connectivity index (χ3v) is 6.79. The van der Waals surface area contributed by atoms with Crippen molar-refractivity contribution in [2.24, 2.45) is 7.05 Å². The van der Waals surface area contributed by atoms with E-state index in [9.17, 15) is 4.79 Å². The third-order valence-electron chi connectivity index (χ3n) is 6.79. The number of hydrogen-bond donors (Lipinski definition) is 0. The lowest BCUT2D eigenvalue weighted by molar-refractivity contribution is 0.0992. The Bertz CT molecular complexity index is 1350. The van der Waals surface area contributed by atoms with Gasteiger partial charge in [-0.15, -0.1) is 5.10 Å². The number of Topliss-reactive ketones (excluding diaryl/α,β-unsaturated/α-hetero) is 1. The molecular weight excluding hydrogens is 426 g/mol. The van der Waals surface area contributed by atoms with Crippen molar-refractivity contribution in [3.8, 4) is 11.3 Å². The monoisotopic (exact) mass is 453 g/mol. The average Bonchev–Trinajstić information content (AvgIpc) is 3.64. The minimum atomic E-state index is 0.0530. The molecular formula is C26H27N7O. The van der Waals surface area contributed by atoms with Gasteiger partial charge < -0.3 is 4.90 Å². The fraction of sp³-hybridized carbons (Fsp3) is 0.346. The number of ketones is 1. The highest BCUT2D eigenvalue weighted by Gasteiger charge is 2.31. The SMILES string of the molecule is Cn1cc(-c2ccc3cnc(CC(=O)c4ccnc(N5CCN(C6CC6)CC5)c4)cc3c2)nn1. The van der Waals surface area contributed by atoms with Crippen LogP contribution in [-0.2, 0) is 13.5 Å². The van der Waals surface area contributed by atoms with Crippen molar-refractivity contribution in [3.05, 3.63) is 66.2 Å². The Labute approximate surface area is 198 Å². The van der Waals surface area contributed by atoms with E-state index in [-0.39, 0.29) is 12.2 Å². The summed E-state index contributed by atoms with van der Waals surface area (Å²) in [5, 5.41) is 10.3. The summed E-state index contributed by atoms with van der Waals surface area (Å²) in [5.41, 5.74) is 3.25. The molecule has 1 aliphatic carbocycles. The van der Waals surface area contributed by atoms with E-state index in [1.54, 1.807) is 16.9 Å². The molecule has 8 nitrogen and oxygen atoms in total. The first-order valence-electron chi connectivity index (χ1n) is 11.9. The van der Waals surface area contributed by atoms with Crippen molar-refractivity contribution in [3.63, 3.8) is 0 Å². The average molecular weight is 454 g/mol. The van der Waals surface area contributed by atoms with Gasteiger partial charge in [-0.25, -0.2) is 4.98 Å². The van der Waals surface area contributed by atoms with Crippen LogP contribution in [0.15, 0.2) is 55.0 Å². The molecule has 0 atom stereocenters. The highest BCUT2D eigenvalue weighted by atomic mass is 16.1. The maximum atomic E-state index is 13.1. The van der Waals surface area contributed by atoms with Gasteiger partial charge in [0.25, 0.3) is 0 Å². The molecule has 0 amide bonds. The number of fused-ring (bicyclic) bond motifs is 1. The lowest BCUT2D eigenvalue weighted by Crippen LogP contribution is -2.47. The molecule has 172 valence electrons. The van der Waals surface area contributed by atoms with Crippen LogP contribution in [0.4, 0.5) is 5.82 Å². The van der Waals surface area contributed by atoms with E-state index >= 15 is 0 Å². The molecule has 2 aliphatic rings. The number of benzene rings is 1. The molecule has 4 aromatic rings. The summed E-state index contributed by atoms with van der Waals surface area (Å²) in [6.07, 6.45) is 8.40. The normalized spacial score (nSPS) is 16.8. The lowest BCUT2D eigenvalue weighted by Gasteiger charge is -2.35. The van der Waals surface area contributed by atoms with Gasteiger partial charge in [0, 0.05) is 73.9 Å². The van der Waals surface area contributed by atoms with Crippen LogP contribution in [0.3, 0.4) is 0 Å². The summed E-state index contributed by atoms with van der Waals surface area (Å²) in [7, 11) is 1.85. The first-order valence-corrected chi connectivity index (χ1v) is 11.9. The fourth-order valence-corrected chi connectivity index (χ4v) is 4.71. The Morgan fingerprint density at radius 1 is 1.00 bits per heavy atom. The Kier molecular flexibility index (Phi) is 5.30. The second-order valence-electron chi connectivity index (χ2n) is 9.27. The van der Waals surface area contributed by atoms with Gasteiger partial charge in [-0.1, -0.05) is 17.3 Å². The molecule has 8 heteroatoms. The van der Waals surface area contributed by atoms with Crippen molar-refractivity contribution in [1.29, 1.82) is 0 Å². The topological polar surface area (TPSA) is 80.0 Å². The molecule has 6 rings (SSSR count). The highest BCUT2D eigenvalue weighted by Crippen LogP contribution is 2.28. The molecule has 3 aromatic heterocycles. The number of carbonyl (C=O) groups excluding carboxylic acids is 1. The number of aromatic nitrogens is 5. The zero-order valence-electron chi connectivity index (χ0n) is 19.3. The van der Waals surface area contributed by atoms with Crippen molar-refractivity contribution in [1.82, 2.24) is 29.9 Å². The Balaban J connectivity index is 1.18. The van der Waals surface area contributed by atoms with Crippen LogP contribution in [0, 0.1) is 0 Å². The number of anilines is 1. The van der Waals surface area contributed by atoms with Crippen molar-refractivity contribution >= 4 is 22.4 Å². The van der Waals surface area contributed by atoms with Gasteiger partial charge in [-0.2, -0.15) is 0 Å². The molecule has 0 unspecified atom stereocenters. The minimum Gasteiger partial charge on any atom is -0.354 e. The number of nitrogens with zero attached hydrogens (tertiary/aromatic N) is 7. The largest absolute Gasteiger partial charge is 0.354 e. The van der Waals surface area contributed by atoms with E-state index < -0.39 is 0 Å². The number of aryl methyl sites for hydroxylation is 1. The van der Waals surface area contributed by atoms with Gasteiger partial charge in [-0.05, 0) is 42.5 Å². The molecule has 0 radical (unpaired) electrons. The van der Waals surface area contributed by atoms with Gasteiger partial charge in [0.15, 0.2) is 5.78 Å². The molecule has 1 aliphatic heterocycles. The first kappa shape index (κ1) is 20.9. The zero-order valence-corrected chi connectivity index (χ0v) is 19.3. The second kappa shape index (κ2) is 8.61. The van der Waals surface area contributed by atoms with Gasteiger partial charge >= 0.3 is 0 Å². The number of pyridine rings is 2. The van der Waals surface area contributed by atoms with Crippen molar-refractivity contribution in [2.45, 2.75) is 25.3 Å². The summed E-state index contributed by atoms with van der Waals surface area (Å²) in [5.74, 6) is 0.943. The second-order valence-corrected chi connectivity index (χ2v) is 9.27. The van der Waals surface area contributed by atoms with Gasteiger partial charge in [0.2, 0.25) is 0 Å². The number of hydrogen-bond acceptors (Lipinski definition) is 7. The van der Waals surface area contributed by atoms with Gasteiger partial charge in [0.05, 0.1) is 12.6 Å². The number of carbonyl (C=O) groups is 1. The molecule has 2 fully saturated rings. The van der Waals surface area contributed by atoms with Crippen LogP contribution in [0.5, 0.6) is 0 Å². The van der Waals surface area contributed by atoms with E-state index in [0.717, 1.165) is 65.8 Å². The Morgan fingerprint density at radius 3 is 2.62 bits per heavy atom. The van der Waals surface area contributed by atoms with E-state index in [4.69, 9.17) is 0 Å². The van der Waals surface area contributed by atoms with Crippen LogP contribution in [0.2, 0.25) is 0 Å². The predicted molar refractivity (Wildman–Crippen MR) is 131 cm³/mol. The van der Waals surface area contributed by atoms with Crippen LogP contribution in [0.1, 0.15) is 28.9 Å². The molecule has 4 heterocycles. The smallest absolute Gasteiger partial charge is 0.169 e. The van der Waals surface area contributed by atoms with E-state index in [2.05, 4.69) is 36.1 Å². The Morgan fingerprint density at radius 2 is 1.85 bits per heavy atom. The zero-order chi connectivity index (χ0) is 23.1. The van der Waals surface area contributed by atoms with E-state index in [1.807, 2.05) is 43.7 Å². The minimum absolute atomic E-state index is 0.0530. The van der Waals surface area contributed by atoms with E-state index in [1.165, 1.54) is 12.8 Å². The molecule has 1 saturated carbocycles. The maximum Gasteiger partial charge on any atom is 0.169 e. The molecule has 0 spiro atoms. The molecule has 0 N–H and O–H groups in total. The lowest BCUT2D eigenvalue weighted by atomic mass is 10.0. The standard InChI is InChI=1S/C26H27N7O/c1-31-17-24(29-30-31)18-2-3-20-16-28-22(13-21(20)12-18)15-25(34)19-6-7-27-26(14-19)33-10-8-32(9-11-33)23-4-5-23/h2-3,6-7,12-14,16-17,23H,4-5,8-11,15H2,1H3. The van der Waals surface area contributed by atoms with Gasteiger partial charge in [-0.3, -0.25) is 19.4 Å². The number of piperazine rings is 1. The summed E-state index contributed by atoms with van der Waals surface area (Å²) in [4.78, 5) is 27.1. The van der Waals surface area contributed by atoms with Crippen LogP contribution in [-0.4, -0.2) is 67.9 Å². The van der Waals surface area contributed by atoms with Crippen molar-refractivity contribution < 1.29 is 4.79 Å². The first-order chi connectivity index (χ1) is 16.6. The maximum absolute atomic E-state index is 13.1.